The molecule has 56 heavy (non-hydrogen) atoms. The summed E-state index contributed by atoms with van der Waals surface area (Å²) in [7, 11) is 0. The van der Waals surface area contributed by atoms with Crippen molar-refractivity contribution < 1.29 is 28.6 Å². The van der Waals surface area contributed by atoms with Crippen LogP contribution in [0.1, 0.15) is 245 Å². The van der Waals surface area contributed by atoms with E-state index in [-0.39, 0.29) is 31.1 Å². The normalized spacial score (nSPS) is 12.3. The zero-order chi connectivity index (χ0) is 40.8. The summed E-state index contributed by atoms with van der Waals surface area (Å²) < 4.78 is 16.6. The van der Waals surface area contributed by atoms with Crippen LogP contribution in [-0.2, 0) is 28.6 Å². The molecule has 0 amide bonds. The van der Waals surface area contributed by atoms with Crippen molar-refractivity contribution in [3.8, 4) is 0 Å². The lowest BCUT2D eigenvalue weighted by Crippen LogP contribution is -2.30. The molecule has 0 aromatic heterocycles. The van der Waals surface area contributed by atoms with Gasteiger partial charge in [-0.2, -0.15) is 0 Å². The van der Waals surface area contributed by atoms with Crippen LogP contribution >= 0.6 is 0 Å². The van der Waals surface area contributed by atoms with Crippen molar-refractivity contribution >= 4 is 17.9 Å². The molecule has 0 aliphatic heterocycles. The predicted octanol–water partition coefficient (Wildman–Crippen LogP) is 15.4. The van der Waals surface area contributed by atoms with E-state index < -0.39 is 6.10 Å². The summed E-state index contributed by atoms with van der Waals surface area (Å²) in [5.41, 5.74) is 0. The number of hydrogen-bond acceptors (Lipinski definition) is 6. The smallest absolute Gasteiger partial charge is 0.306 e. The molecule has 0 spiro atoms. The van der Waals surface area contributed by atoms with Crippen LogP contribution in [0.2, 0.25) is 0 Å². The lowest BCUT2D eigenvalue weighted by molar-refractivity contribution is -0.167. The van der Waals surface area contributed by atoms with E-state index >= 15 is 0 Å². The molecule has 1 unspecified atom stereocenters. The number of hydrogen-bond donors (Lipinski definition) is 0. The molecule has 6 heteroatoms. The van der Waals surface area contributed by atoms with Gasteiger partial charge in [0.25, 0.3) is 0 Å². The Bertz CT molecular complexity index is 953. The van der Waals surface area contributed by atoms with Gasteiger partial charge in [-0.15, -0.1) is 0 Å². The minimum atomic E-state index is -0.779. The van der Waals surface area contributed by atoms with Crippen LogP contribution < -0.4 is 0 Å². The minimum absolute atomic E-state index is 0.0812. The molecule has 0 aliphatic carbocycles. The van der Waals surface area contributed by atoms with Crippen molar-refractivity contribution in [2.75, 3.05) is 13.2 Å². The van der Waals surface area contributed by atoms with Crippen molar-refractivity contribution in [2.45, 2.75) is 252 Å². The molecule has 0 aliphatic rings. The first kappa shape index (κ1) is 53.6. The molecule has 0 bridgehead atoms. The molecule has 0 heterocycles. The van der Waals surface area contributed by atoms with Crippen LogP contribution in [0.5, 0.6) is 0 Å². The lowest BCUT2D eigenvalue weighted by Gasteiger charge is -2.18. The van der Waals surface area contributed by atoms with Crippen LogP contribution in [0.15, 0.2) is 36.5 Å². The second-order valence-corrected chi connectivity index (χ2v) is 16.0. The van der Waals surface area contributed by atoms with E-state index in [1.165, 1.54) is 122 Å². The van der Waals surface area contributed by atoms with Crippen LogP contribution in [0.4, 0.5) is 0 Å². The van der Waals surface area contributed by atoms with Crippen LogP contribution in [0, 0.1) is 0 Å². The summed E-state index contributed by atoms with van der Waals surface area (Å²) in [5.74, 6) is -0.915. The van der Waals surface area contributed by atoms with Gasteiger partial charge in [0, 0.05) is 19.3 Å². The maximum Gasteiger partial charge on any atom is 0.306 e. The molecular weight excluding hydrogens is 697 g/mol. The lowest BCUT2D eigenvalue weighted by atomic mass is 10.0. The summed E-state index contributed by atoms with van der Waals surface area (Å²) >= 11 is 0. The first-order chi connectivity index (χ1) is 27.5. The van der Waals surface area contributed by atoms with E-state index in [1.807, 2.05) is 0 Å². The van der Waals surface area contributed by atoms with E-state index in [2.05, 4.69) is 57.2 Å². The SMILES string of the molecule is CC/C=C\C/C=C\C/C=C\CCCCCC(=O)OC(COC(=O)CCCCCCCC)COC(=O)CCCCCCCCCCCCCCCCCCCCC. The summed E-state index contributed by atoms with van der Waals surface area (Å²) in [4.78, 5) is 37.6. The van der Waals surface area contributed by atoms with Gasteiger partial charge in [0.1, 0.15) is 13.2 Å². The third-order valence-corrected chi connectivity index (χ3v) is 10.4. The summed E-state index contributed by atoms with van der Waals surface area (Å²) in [6.45, 7) is 6.45. The quantitative estimate of drug-likeness (QED) is 0.0265. The Balaban J connectivity index is 4.20. The Morgan fingerprint density at radius 1 is 0.375 bits per heavy atom. The highest BCUT2D eigenvalue weighted by molar-refractivity contribution is 5.71. The first-order valence-corrected chi connectivity index (χ1v) is 24.0. The molecule has 0 aromatic carbocycles. The van der Waals surface area contributed by atoms with E-state index in [4.69, 9.17) is 14.2 Å². The van der Waals surface area contributed by atoms with Crippen molar-refractivity contribution in [3.63, 3.8) is 0 Å². The molecule has 0 rings (SSSR count). The van der Waals surface area contributed by atoms with Gasteiger partial charge in [0.15, 0.2) is 6.10 Å². The Hall–Kier alpha value is -2.37. The second kappa shape index (κ2) is 45.3. The molecule has 0 aromatic rings. The van der Waals surface area contributed by atoms with Crippen molar-refractivity contribution in [1.29, 1.82) is 0 Å². The highest BCUT2D eigenvalue weighted by Crippen LogP contribution is 2.16. The third-order valence-electron chi connectivity index (χ3n) is 10.4. The average Bonchev–Trinajstić information content (AvgIpc) is 3.19. The predicted molar refractivity (Wildman–Crippen MR) is 238 cm³/mol. The highest BCUT2D eigenvalue weighted by Gasteiger charge is 2.19. The van der Waals surface area contributed by atoms with Crippen molar-refractivity contribution in [2.24, 2.45) is 0 Å². The Morgan fingerprint density at radius 3 is 1.09 bits per heavy atom. The number of esters is 3. The summed E-state index contributed by atoms with van der Waals surface area (Å²) in [6.07, 6.45) is 51.6. The van der Waals surface area contributed by atoms with Crippen LogP contribution in [-0.4, -0.2) is 37.2 Å². The number of ether oxygens (including phenoxy) is 3. The maximum absolute atomic E-state index is 12.7. The monoisotopic (exact) mass is 787 g/mol. The fourth-order valence-corrected chi connectivity index (χ4v) is 6.81. The summed E-state index contributed by atoms with van der Waals surface area (Å²) in [6, 6.07) is 0. The number of rotatable bonds is 43. The van der Waals surface area contributed by atoms with Crippen molar-refractivity contribution in [3.05, 3.63) is 36.5 Å². The zero-order valence-corrected chi connectivity index (χ0v) is 37.2. The topological polar surface area (TPSA) is 78.9 Å². The van der Waals surface area contributed by atoms with Gasteiger partial charge in [-0.1, -0.05) is 211 Å². The second-order valence-electron chi connectivity index (χ2n) is 16.0. The van der Waals surface area contributed by atoms with E-state index in [0.29, 0.717) is 19.3 Å². The molecule has 0 saturated carbocycles. The Labute approximate surface area is 346 Å². The number of unbranched alkanes of at least 4 members (excludes halogenated alkanes) is 26. The zero-order valence-electron chi connectivity index (χ0n) is 37.2. The van der Waals surface area contributed by atoms with Crippen LogP contribution in [0.25, 0.3) is 0 Å². The van der Waals surface area contributed by atoms with Gasteiger partial charge in [-0.3, -0.25) is 14.4 Å². The van der Waals surface area contributed by atoms with Crippen molar-refractivity contribution in [1.82, 2.24) is 0 Å². The van der Waals surface area contributed by atoms with Gasteiger partial charge < -0.3 is 14.2 Å². The van der Waals surface area contributed by atoms with Gasteiger partial charge in [0.05, 0.1) is 0 Å². The first-order valence-electron chi connectivity index (χ1n) is 24.0. The highest BCUT2D eigenvalue weighted by atomic mass is 16.6. The molecule has 0 N–H and O–H groups in total. The molecule has 1 atom stereocenters. The van der Waals surface area contributed by atoms with E-state index in [1.54, 1.807) is 0 Å². The minimum Gasteiger partial charge on any atom is -0.462 e. The molecule has 0 saturated heterocycles. The largest absolute Gasteiger partial charge is 0.462 e. The average molecular weight is 787 g/mol. The fourth-order valence-electron chi connectivity index (χ4n) is 6.81. The fraction of sp³-hybridized carbons (Fsp3) is 0.820. The molecule has 0 radical (unpaired) electrons. The molecule has 326 valence electrons. The van der Waals surface area contributed by atoms with Crippen LogP contribution in [0.3, 0.4) is 0 Å². The molecule has 6 nitrogen and oxygen atoms in total. The molecule has 0 fully saturated rings. The van der Waals surface area contributed by atoms with E-state index in [9.17, 15) is 14.4 Å². The summed E-state index contributed by atoms with van der Waals surface area (Å²) in [5, 5.41) is 0. The maximum atomic E-state index is 12.7. The number of carbonyl (C=O) groups is 3. The van der Waals surface area contributed by atoms with Gasteiger partial charge in [-0.25, -0.2) is 0 Å². The van der Waals surface area contributed by atoms with Gasteiger partial charge in [0.2, 0.25) is 0 Å². The Kier molecular flexibility index (Phi) is 43.4. The van der Waals surface area contributed by atoms with E-state index in [0.717, 1.165) is 83.5 Å². The van der Waals surface area contributed by atoms with Gasteiger partial charge in [-0.05, 0) is 51.4 Å². The van der Waals surface area contributed by atoms with Gasteiger partial charge >= 0.3 is 17.9 Å². The standard InChI is InChI=1S/C50H90O6/c1-4-7-10-13-16-18-20-22-23-24-25-26-27-29-30-32-34-37-40-43-49(52)55-46-47(45-54-48(51)42-39-36-15-12-9-6-3)56-50(53)44-41-38-35-33-31-28-21-19-17-14-11-8-5-2/h8,11,17,19,28,31,47H,4-7,9-10,12-16,18,20-27,29-30,32-46H2,1-3H3/b11-8-,19-17-,31-28-. The third kappa shape index (κ3) is 42.8. The number of carbonyl (C=O) groups excluding carboxylic acids is 3. The number of allylic oxidation sites excluding steroid dienone is 6. The molecular formula is C50H90O6. The Morgan fingerprint density at radius 2 is 0.696 bits per heavy atom.